The SMILES string of the molecule is CC(C)(C)C1CCCCC1(O)Cc1cccc(O)c1. The van der Waals surface area contributed by atoms with E-state index in [2.05, 4.69) is 20.8 Å². The lowest BCUT2D eigenvalue weighted by Crippen LogP contribution is -2.48. The highest BCUT2D eigenvalue weighted by atomic mass is 16.3. The van der Waals surface area contributed by atoms with E-state index in [-0.39, 0.29) is 11.2 Å². The van der Waals surface area contributed by atoms with Gasteiger partial charge in [0.2, 0.25) is 0 Å². The Labute approximate surface area is 116 Å². The number of rotatable bonds is 2. The summed E-state index contributed by atoms with van der Waals surface area (Å²) in [6.07, 6.45) is 4.92. The van der Waals surface area contributed by atoms with Crippen LogP contribution in [0.2, 0.25) is 0 Å². The second-order valence-electron chi connectivity index (χ2n) is 7.11. The molecule has 1 aromatic rings. The van der Waals surface area contributed by atoms with Gasteiger partial charge in [0, 0.05) is 6.42 Å². The molecule has 2 unspecified atom stereocenters. The van der Waals surface area contributed by atoms with E-state index in [1.807, 2.05) is 12.1 Å². The van der Waals surface area contributed by atoms with Crippen molar-refractivity contribution in [1.82, 2.24) is 0 Å². The Morgan fingerprint density at radius 1 is 1.26 bits per heavy atom. The Kier molecular flexibility index (Phi) is 3.91. The summed E-state index contributed by atoms with van der Waals surface area (Å²) >= 11 is 0. The molecule has 2 nitrogen and oxygen atoms in total. The fourth-order valence-corrected chi connectivity index (χ4v) is 3.69. The van der Waals surface area contributed by atoms with Gasteiger partial charge in [-0.25, -0.2) is 0 Å². The molecule has 0 spiro atoms. The van der Waals surface area contributed by atoms with Crippen molar-refractivity contribution in [1.29, 1.82) is 0 Å². The molecule has 106 valence electrons. The van der Waals surface area contributed by atoms with Gasteiger partial charge in [0.15, 0.2) is 0 Å². The normalized spacial score (nSPS) is 28.3. The first-order valence-corrected chi connectivity index (χ1v) is 7.31. The number of aromatic hydroxyl groups is 1. The minimum absolute atomic E-state index is 0.117. The third-order valence-electron chi connectivity index (χ3n) is 4.47. The molecule has 0 bridgehead atoms. The molecule has 2 N–H and O–H groups in total. The molecule has 0 radical (unpaired) electrons. The van der Waals surface area contributed by atoms with Gasteiger partial charge in [0.25, 0.3) is 0 Å². The topological polar surface area (TPSA) is 40.5 Å². The molecule has 0 aliphatic heterocycles. The molecule has 2 atom stereocenters. The molecule has 0 heterocycles. The molecule has 19 heavy (non-hydrogen) atoms. The molecule has 2 rings (SSSR count). The summed E-state index contributed by atoms with van der Waals surface area (Å²) in [6.45, 7) is 6.66. The zero-order chi connectivity index (χ0) is 14.1. The van der Waals surface area contributed by atoms with E-state index < -0.39 is 5.60 Å². The van der Waals surface area contributed by atoms with Gasteiger partial charge in [0.1, 0.15) is 5.75 Å². The maximum atomic E-state index is 11.1. The van der Waals surface area contributed by atoms with E-state index in [9.17, 15) is 10.2 Å². The maximum absolute atomic E-state index is 11.1. The third kappa shape index (κ3) is 3.30. The Hall–Kier alpha value is -1.02. The Morgan fingerprint density at radius 2 is 2.00 bits per heavy atom. The number of phenols is 1. The Balaban J connectivity index is 2.23. The lowest BCUT2D eigenvalue weighted by Gasteiger charge is -2.47. The monoisotopic (exact) mass is 262 g/mol. The summed E-state index contributed by atoms with van der Waals surface area (Å²) in [5, 5.41) is 20.7. The van der Waals surface area contributed by atoms with Gasteiger partial charge in [-0.15, -0.1) is 0 Å². The van der Waals surface area contributed by atoms with Gasteiger partial charge in [0.05, 0.1) is 5.60 Å². The molecule has 2 heteroatoms. The van der Waals surface area contributed by atoms with Crippen molar-refractivity contribution in [3.05, 3.63) is 29.8 Å². The fraction of sp³-hybridized carbons (Fsp3) is 0.647. The lowest BCUT2D eigenvalue weighted by atomic mass is 9.62. The fourth-order valence-electron chi connectivity index (χ4n) is 3.69. The Morgan fingerprint density at radius 3 is 2.63 bits per heavy atom. The van der Waals surface area contributed by atoms with Crippen molar-refractivity contribution in [2.75, 3.05) is 0 Å². The zero-order valence-corrected chi connectivity index (χ0v) is 12.3. The number of phenolic OH excluding ortho intramolecular Hbond substituents is 1. The number of aliphatic hydroxyl groups is 1. The minimum Gasteiger partial charge on any atom is -0.508 e. The van der Waals surface area contributed by atoms with E-state index in [1.54, 1.807) is 12.1 Å². The zero-order valence-electron chi connectivity index (χ0n) is 12.3. The van der Waals surface area contributed by atoms with Crippen LogP contribution in [0.5, 0.6) is 5.75 Å². The van der Waals surface area contributed by atoms with Crippen LogP contribution in [0, 0.1) is 11.3 Å². The highest BCUT2D eigenvalue weighted by Crippen LogP contribution is 2.45. The summed E-state index contributed by atoms with van der Waals surface area (Å²) in [4.78, 5) is 0. The molecule has 1 aromatic carbocycles. The van der Waals surface area contributed by atoms with Crippen LogP contribution in [-0.4, -0.2) is 15.8 Å². The summed E-state index contributed by atoms with van der Waals surface area (Å²) in [7, 11) is 0. The highest BCUT2D eigenvalue weighted by Gasteiger charge is 2.44. The highest BCUT2D eigenvalue weighted by molar-refractivity contribution is 5.28. The number of hydrogen-bond donors (Lipinski definition) is 2. The van der Waals surface area contributed by atoms with Gasteiger partial charge in [-0.3, -0.25) is 0 Å². The summed E-state index contributed by atoms with van der Waals surface area (Å²) in [5.41, 5.74) is 0.509. The second kappa shape index (κ2) is 5.16. The third-order valence-corrected chi connectivity index (χ3v) is 4.47. The van der Waals surface area contributed by atoms with Crippen molar-refractivity contribution < 1.29 is 10.2 Å². The average Bonchev–Trinajstić information content (AvgIpc) is 2.27. The van der Waals surface area contributed by atoms with Gasteiger partial charge in [-0.1, -0.05) is 45.7 Å². The van der Waals surface area contributed by atoms with Gasteiger partial charge in [-0.05, 0) is 41.9 Å². The minimum atomic E-state index is -0.635. The van der Waals surface area contributed by atoms with Crippen molar-refractivity contribution in [2.45, 2.75) is 58.5 Å². The van der Waals surface area contributed by atoms with Gasteiger partial charge < -0.3 is 10.2 Å². The van der Waals surface area contributed by atoms with Crippen LogP contribution in [0.15, 0.2) is 24.3 Å². The predicted octanol–water partition coefficient (Wildman–Crippen LogP) is 3.90. The number of hydrogen-bond acceptors (Lipinski definition) is 2. The van der Waals surface area contributed by atoms with E-state index in [0.29, 0.717) is 12.3 Å². The second-order valence-corrected chi connectivity index (χ2v) is 7.11. The molecule has 1 fully saturated rings. The largest absolute Gasteiger partial charge is 0.508 e. The van der Waals surface area contributed by atoms with Crippen LogP contribution in [0.1, 0.15) is 52.0 Å². The Bertz CT molecular complexity index is 433. The number of benzene rings is 1. The van der Waals surface area contributed by atoms with Crippen molar-refractivity contribution in [3.63, 3.8) is 0 Å². The van der Waals surface area contributed by atoms with Crippen LogP contribution < -0.4 is 0 Å². The van der Waals surface area contributed by atoms with Crippen molar-refractivity contribution >= 4 is 0 Å². The molecular weight excluding hydrogens is 236 g/mol. The van der Waals surface area contributed by atoms with E-state index >= 15 is 0 Å². The first-order chi connectivity index (χ1) is 8.81. The van der Waals surface area contributed by atoms with Crippen molar-refractivity contribution in [2.24, 2.45) is 11.3 Å². The average molecular weight is 262 g/mol. The molecule has 0 saturated heterocycles. The maximum Gasteiger partial charge on any atom is 0.115 e. The van der Waals surface area contributed by atoms with Crippen LogP contribution in [0.3, 0.4) is 0 Å². The molecule has 0 amide bonds. The van der Waals surface area contributed by atoms with E-state index in [0.717, 1.165) is 24.8 Å². The van der Waals surface area contributed by atoms with E-state index in [1.165, 1.54) is 6.42 Å². The first-order valence-electron chi connectivity index (χ1n) is 7.31. The standard InChI is InChI=1S/C17H26O2/c1-16(2,3)15-9-4-5-10-17(15,19)12-13-7-6-8-14(18)11-13/h6-8,11,15,18-19H,4-5,9-10,12H2,1-3H3. The molecule has 1 aliphatic carbocycles. The van der Waals surface area contributed by atoms with E-state index in [4.69, 9.17) is 0 Å². The summed E-state index contributed by atoms with van der Waals surface area (Å²) in [6, 6.07) is 7.29. The van der Waals surface area contributed by atoms with Crippen molar-refractivity contribution in [3.8, 4) is 5.75 Å². The van der Waals surface area contributed by atoms with Crippen LogP contribution in [0.4, 0.5) is 0 Å². The molecular formula is C17H26O2. The van der Waals surface area contributed by atoms with Crippen LogP contribution >= 0.6 is 0 Å². The smallest absolute Gasteiger partial charge is 0.115 e. The quantitative estimate of drug-likeness (QED) is 0.848. The van der Waals surface area contributed by atoms with Crippen LogP contribution in [-0.2, 0) is 6.42 Å². The van der Waals surface area contributed by atoms with Gasteiger partial charge in [-0.2, -0.15) is 0 Å². The predicted molar refractivity (Wildman–Crippen MR) is 78.2 cm³/mol. The molecule has 1 aliphatic rings. The molecule has 1 saturated carbocycles. The summed E-state index contributed by atoms with van der Waals surface area (Å²) in [5.74, 6) is 0.598. The first kappa shape index (κ1) is 14.4. The molecule has 0 aromatic heterocycles. The summed E-state index contributed by atoms with van der Waals surface area (Å²) < 4.78 is 0. The lowest BCUT2D eigenvalue weighted by molar-refractivity contribution is -0.0889. The van der Waals surface area contributed by atoms with Gasteiger partial charge >= 0.3 is 0 Å². The van der Waals surface area contributed by atoms with Crippen LogP contribution in [0.25, 0.3) is 0 Å².